The molecule has 0 amide bonds. The van der Waals surface area contributed by atoms with Crippen LogP contribution in [0.15, 0.2) is 68.0 Å². The molecule has 56 heavy (non-hydrogen) atoms. The zero-order chi connectivity index (χ0) is 39.8. The number of rotatable bonds is 10. The summed E-state index contributed by atoms with van der Waals surface area (Å²) in [4.78, 5) is 34.2. The number of hydrogen-bond acceptors (Lipinski definition) is 14. The third-order valence-electron chi connectivity index (χ3n) is 8.28. The molecule has 0 aliphatic carbocycles. The summed E-state index contributed by atoms with van der Waals surface area (Å²) < 4.78 is 84.6. The van der Waals surface area contributed by atoms with Crippen LogP contribution < -0.4 is 11.5 Å². The molecule has 0 spiro atoms. The standard InChI is InChI=1S/2C17H15F3N6S2/c2*1-2-3-7-26-14-11(13(21)22-8-23-14)25-15(26)28-16-24-10-6-4-5-9(12(10)27-16)17(18,19)20/h2*4-6,8H,2-3,7H2,1H3,(H2,21,22,23). The van der Waals surface area contributed by atoms with Crippen LogP contribution in [0.1, 0.15) is 50.7 Å². The average molecular weight is 849 g/mol. The Morgan fingerprint density at radius 1 is 0.607 bits per heavy atom. The molecule has 0 bridgehead atoms. The number of fused-ring (bicyclic) bond motifs is 4. The van der Waals surface area contributed by atoms with Crippen molar-refractivity contribution >= 4 is 101 Å². The van der Waals surface area contributed by atoms with Gasteiger partial charge in [-0.25, -0.2) is 39.9 Å². The van der Waals surface area contributed by atoms with E-state index in [1.165, 1.54) is 48.3 Å². The topological polar surface area (TPSA) is 165 Å². The number of nitrogens with zero attached hydrogens (tertiary/aromatic N) is 10. The lowest BCUT2D eigenvalue weighted by molar-refractivity contribution is -0.137. The molecule has 0 aliphatic heterocycles. The Labute approximate surface area is 330 Å². The predicted octanol–water partition coefficient (Wildman–Crippen LogP) is 9.98. The van der Waals surface area contributed by atoms with Crippen molar-refractivity contribution in [1.82, 2.24) is 49.0 Å². The van der Waals surface area contributed by atoms with Crippen LogP contribution in [0.3, 0.4) is 0 Å². The number of hydrogen-bond donors (Lipinski definition) is 2. The fourth-order valence-electron chi connectivity index (χ4n) is 5.61. The second-order valence-corrected chi connectivity index (χ2v) is 16.6. The van der Waals surface area contributed by atoms with Gasteiger partial charge in [0.2, 0.25) is 0 Å². The second kappa shape index (κ2) is 16.0. The Kier molecular flexibility index (Phi) is 11.3. The lowest BCUT2D eigenvalue weighted by Crippen LogP contribution is -2.04. The molecule has 8 aromatic rings. The van der Waals surface area contributed by atoms with Crippen LogP contribution >= 0.6 is 46.2 Å². The second-order valence-electron chi connectivity index (χ2n) is 12.1. The fraction of sp³-hybridized carbons (Fsp3) is 0.294. The number of imidazole rings is 2. The zero-order valence-electron chi connectivity index (χ0n) is 29.4. The molecular formula is C34H30F6N12S4. The summed E-state index contributed by atoms with van der Waals surface area (Å²) >= 11 is 4.43. The molecule has 292 valence electrons. The zero-order valence-corrected chi connectivity index (χ0v) is 32.7. The van der Waals surface area contributed by atoms with Crippen LogP contribution in [0.4, 0.5) is 38.0 Å². The van der Waals surface area contributed by atoms with Gasteiger partial charge in [-0.2, -0.15) is 26.3 Å². The lowest BCUT2D eigenvalue weighted by Gasteiger charge is -2.06. The van der Waals surface area contributed by atoms with E-state index in [4.69, 9.17) is 11.5 Å². The highest BCUT2D eigenvalue weighted by atomic mass is 32.2. The number of aryl methyl sites for hydroxylation is 2. The van der Waals surface area contributed by atoms with E-state index in [2.05, 4.69) is 53.7 Å². The van der Waals surface area contributed by atoms with Gasteiger partial charge in [0.05, 0.1) is 31.6 Å². The molecule has 0 saturated carbocycles. The first-order valence-electron chi connectivity index (χ1n) is 17.0. The maximum absolute atomic E-state index is 13.3. The quantitative estimate of drug-likeness (QED) is 0.125. The third-order valence-corrected chi connectivity index (χ3v) is 12.6. The molecule has 4 N–H and O–H groups in total. The molecule has 0 radical (unpaired) electrons. The van der Waals surface area contributed by atoms with E-state index in [-0.39, 0.29) is 21.0 Å². The van der Waals surface area contributed by atoms with Gasteiger partial charge < -0.3 is 20.6 Å². The van der Waals surface area contributed by atoms with Gasteiger partial charge in [0.15, 0.2) is 53.0 Å². The summed E-state index contributed by atoms with van der Waals surface area (Å²) in [6.45, 7) is 5.48. The summed E-state index contributed by atoms with van der Waals surface area (Å²) in [6.07, 6.45) is -2.34. The van der Waals surface area contributed by atoms with Gasteiger partial charge in [0.1, 0.15) is 12.7 Å². The maximum Gasteiger partial charge on any atom is 0.417 e. The van der Waals surface area contributed by atoms with Crippen LogP contribution in [0.2, 0.25) is 0 Å². The minimum Gasteiger partial charge on any atom is -0.382 e. The van der Waals surface area contributed by atoms with Crippen molar-refractivity contribution in [2.75, 3.05) is 11.5 Å². The van der Waals surface area contributed by atoms with Gasteiger partial charge in [-0.05, 0) is 60.6 Å². The highest BCUT2D eigenvalue weighted by molar-refractivity contribution is 8.01. The molecule has 6 aromatic heterocycles. The van der Waals surface area contributed by atoms with E-state index in [1.54, 1.807) is 12.1 Å². The molecular weight excluding hydrogens is 819 g/mol. The minimum atomic E-state index is -4.42. The number of benzene rings is 2. The average Bonchev–Trinajstić information content (AvgIpc) is 3.92. The summed E-state index contributed by atoms with van der Waals surface area (Å²) in [5.41, 5.74) is 13.3. The molecule has 2 aromatic carbocycles. The number of alkyl halides is 6. The highest BCUT2D eigenvalue weighted by Crippen LogP contribution is 2.43. The number of nitrogens with two attached hydrogens (primary N) is 2. The molecule has 6 heterocycles. The van der Waals surface area contributed by atoms with Crippen LogP contribution in [-0.4, -0.2) is 49.0 Å². The molecule has 0 unspecified atom stereocenters. The van der Waals surface area contributed by atoms with Crippen molar-refractivity contribution in [2.24, 2.45) is 0 Å². The van der Waals surface area contributed by atoms with Gasteiger partial charge in [-0.3, -0.25) is 0 Å². The largest absolute Gasteiger partial charge is 0.417 e. The molecule has 0 fully saturated rings. The van der Waals surface area contributed by atoms with Gasteiger partial charge in [0, 0.05) is 13.1 Å². The highest BCUT2D eigenvalue weighted by Gasteiger charge is 2.35. The number of thiazole rings is 2. The molecule has 8 rings (SSSR count). The molecule has 0 saturated heterocycles. The fourth-order valence-corrected chi connectivity index (χ4v) is 10.00. The first kappa shape index (κ1) is 39.4. The molecule has 12 nitrogen and oxygen atoms in total. The van der Waals surface area contributed by atoms with Gasteiger partial charge in [-0.1, -0.05) is 38.8 Å². The third kappa shape index (κ3) is 8.04. The first-order chi connectivity index (χ1) is 26.8. The SMILES string of the molecule is CCCCn1c(Sc2nc3cccc(C(F)(F)F)c3s2)nc2c(N)ncnc21.CCCCn1c(Sc2nc3cccc(C(F)(F)F)c3s2)nc2c(N)ncnc21. The Bertz CT molecular complexity index is 2480. The predicted molar refractivity (Wildman–Crippen MR) is 207 cm³/mol. The van der Waals surface area contributed by atoms with Gasteiger partial charge >= 0.3 is 12.4 Å². The van der Waals surface area contributed by atoms with Crippen molar-refractivity contribution < 1.29 is 26.3 Å². The van der Waals surface area contributed by atoms with Crippen LogP contribution in [-0.2, 0) is 25.4 Å². The van der Waals surface area contributed by atoms with E-state index in [0.29, 0.717) is 65.4 Å². The smallest absolute Gasteiger partial charge is 0.382 e. The van der Waals surface area contributed by atoms with Crippen molar-refractivity contribution in [3.8, 4) is 0 Å². The van der Waals surface area contributed by atoms with Crippen LogP contribution in [0.5, 0.6) is 0 Å². The minimum absolute atomic E-state index is 0.119. The van der Waals surface area contributed by atoms with E-state index < -0.39 is 23.5 Å². The Morgan fingerprint density at radius 3 is 1.39 bits per heavy atom. The number of halogens is 6. The van der Waals surface area contributed by atoms with Crippen molar-refractivity contribution in [3.05, 3.63) is 60.2 Å². The van der Waals surface area contributed by atoms with E-state index in [9.17, 15) is 26.3 Å². The summed E-state index contributed by atoms with van der Waals surface area (Å²) in [5, 5.41) is 1.17. The summed E-state index contributed by atoms with van der Waals surface area (Å²) in [6, 6.07) is 8.03. The normalized spacial score (nSPS) is 12.3. The van der Waals surface area contributed by atoms with Crippen molar-refractivity contribution in [1.29, 1.82) is 0 Å². The number of nitrogen functional groups attached to an aromatic ring is 2. The Hall–Kier alpha value is -4.80. The van der Waals surface area contributed by atoms with Gasteiger partial charge in [0.25, 0.3) is 0 Å². The van der Waals surface area contributed by atoms with Crippen molar-refractivity contribution in [3.63, 3.8) is 0 Å². The maximum atomic E-state index is 13.3. The monoisotopic (exact) mass is 848 g/mol. The van der Waals surface area contributed by atoms with E-state index in [0.717, 1.165) is 60.5 Å². The molecule has 22 heteroatoms. The summed E-state index contributed by atoms with van der Waals surface area (Å²) in [7, 11) is 0. The van der Waals surface area contributed by atoms with E-state index >= 15 is 0 Å². The number of anilines is 2. The van der Waals surface area contributed by atoms with Crippen LogP contribution in [0, 0.1) is 0 Å². The first-order valence-corrected chi connectivity index (χ1v) is 20.3. The Balaban J connectivity index is 0.000000172. The lowest BCUT2D eigenvalue weighted by atomic mass is 10.2. The van der Waals surface area contributed by atoms with Crippen LogP contribution in [0.25, 0.3) is 42.8 Å². The number of aromatic nitrogens is 10. The van der Waals surface area contributed by atoms with Crippen molar-refractivity contribution in [2.45, 2.75) is 84.0 Å². The molecule has 0 aliphatic rings. The van der Waals surface area contributed by atoms with Gasteiger partial charge in [-0.15, -0.1) is 22.7 Å². The number of unbranched alkanes of at least 4 members (excludes halogenated alkanes) is 2. The summed E-state index contributed by atoms with van der Waals surface area (Å²) in [5.74, 6) is 0.538. The van der Waals surface area contributed by atoms with E-state index in [1.807, 2.05) is 9.13 Å². The molecule has 0 atom stereocenters. The Morgan fingerprint density at radius 2 is 1.02 bits per heavy atom.